The Balaban J connectivity index is 2.56. The van der Waals surface area contributed by atoms with Gasteiger partial charge in [0.05, 0.1) is 14.9 Å². The molecule has 0 bridgehead atoms. The zero-order valence-corrected chi connectivity index (χ0v) is 6.52. The number of piperidine rings is 1. The smallest absolute Gasteiger partial charge is 0.255 e. The van der Waals surface area contributed by atoms with Gasteiger partial charge in [0.15, 0.2) is 0 Å². The van der Waals surface area contributed by atoms with Crippen molar-refractivity contribution in [2.75, 3.05) is 13.1 Å². The largest absolute Gasteiger partial charge is 0.315 e. The Morgan fingerprint density at radius 1 is 1.50 bits per heavy atom. The Kier molecular flexibility index (Phi) is 2.36. The van der Waals surface area contributed by atoms with Crippen LogP contribution in [-0.4, -0.2) is 33.9 Å². The van der Waals surface area contributed by atoms with Crippen LogP contribution in [0.25, 0.3) is 0 Å². The van der Waals surface area contributed by atoms with Gasteiger partial charge in [-0.1, -0.05) is 0 Å². The van der Waals surface area contributed by atoms with Crippen molar-refractivity contribution >= 4 is 16.8 Å². The summed E-state index contributed by atoms with van der Waals surface area (Å²) < 4.78 is 21.4. The molecule has 1 fully saturated rings. The van der Waals surface area contributed by atoms with Gasteiger partial charge < -0.3 is 5.32 Å². The second-order valence-electron chi connectivity index (χ2n) is 2.56. The summed E-state index contributed by atoms with van der Waals surface area (Å²) in [4.78, 5) is 0. The van der Waals surface area contributed by atoms with Crippen molar-refractivity contribution in [2.24, 2.45) is 0 Å². The summed E-state index contributed by atoms with van der Waals surface area (Å²) in [5, 5.41) is 2.62. The maximum atomic E-state index is 10.7. The highest BCUT2D eigenvalue weighted by Gasteiger charge is 2.21. The molecule has 0 spiro atoms. The molecule has 1 aliphatic rings. The van der Waals surface area contributed by atoms with Gasteiger partial charge in [0, 0.05) is 6.54 Å². The predicted molar refractivity (Wildman–Crippen MR) is 40.6 cm³/mol. The Hall–Kier alpha value is -0.0251. The summed E-state index contributed by atoms with van der Waals surface area (Å²) in [6.45, 7) is 1.42. The molecule has 1 N–H and O–H groups in total. The summed E-state index contributed by atoms with van der Waals surface area (Å²) in [5.41, 5.74) is 0. The number of hydrogen-bond donors (Lipinski definition) is 1. The fourth-order valence-corrected chi connectivity index (χ4v) is 1.95. The Morgan fingerprint density at radius 2 is 2.20 bits per heavy atom. The molecule has 0 saturated carbocycles. The van der Waals surface area contributed by atoms with Crippen LogP contribution in [0, 0.1) is 0 Å². The molecule has 5 heteroatoms. The number of hydrogen-bond acceptors (Lipinski definition) is 3. The normalized spacial score (nSPS) is 28.2. The molecule has 1 rings (SSSR count). The van der Waals surface area contributed by atoms with Crippen LogP contribution >= 0.6 is 0 Å². The molecule has 0 amide bonds. The van der Waals surface area contributed by atoms with Crippen LogP contribution in [0.3, 0.4) is 0 Å². The molecule has 2 radical (unpaired) electrons. The van der Waals surface area contributed by atoms with Gasteiger partial charge in [-0.25, -0.2) is 8.42 Å². The summed E-state index contributed by atoms with van der Waals surface area (Å²) in [6.07, 6.45) is 1.60. The average Bonchev–Trinajstić information content (AvgIpc) is 1.88. The van der Waals surface area contributed by atoms with Crippen molar-refractivity contribution in [3.63, 3.8) is 0 Å². The van der Waals surface area contributed by atoms with Crippen molar-refractivity contribution in [3.8, 4) is 0 Å². The lowest BCUT2D eigenvalue weighted by atomic mass is 10.2. The SMILES string of the molecule is [B]S(=O)(=O)[C@H]1CCCNC1. The van der Waals surface area contributed by atoms with Gasteiger partial charge in [-0.2, -0.15) is 0 Å². The van der Waals surface area contributed by atoms with Crippen LogP contribution in [0.5, 0.6) is 0 Å². The number of rotatable bonds is 1. The van der Waals surface area contributed by atoms with Crippen molar-refractivity contribution in [3.05, 3.63) is 0 Å². The van der Waals surface area contributed by atoms with Crippen molar-refractivity contribution in [1.82, 2.24) is 5.32 Å². The third-order valence-electron chi connectivity index (χ3n) is 1.72. The Labute approximate surface area is 62.4 Å². The highest BCUT2D eigenvalue weighted by atomic mass is 32.2. The molecular weight excluding hydrogens is 149 g/mol. The van der Waals surface area contributed by atoms with Gasteiger partial charge in [-0.05, 0) is 19.4 Å². The van der Waals surface area contributed by atoms with E-state index < -0.39 is 9.69 Å². The van der Waals surface area contributed by atoms with E-state index in [1.54, 1.807) is 0 Å². The van der Waals surface area contributed by atoms with Crippen molar-refractivity contribution in [1.29, 1.82) is 0 Å². The van der Waals surface area contributed by atoms with Gasteiger partial charge in [-0.15, -0.1) is 0 Å². The molecule has 0 aromatic carbocycles. The quantitative estimate of drug-likeness (QED) is 0.511. The highest BCUT2D eigenvalue weighted by Crippen LogP contribution is 2.08. The third-order valence-corrected chi connectivity index (χ3v) is 3.05. The summed E-state index contributed by atoms with van der Waals surface area (Å²) in [6, 6.07) is 0. The molecule has 1 aliphatic heterocycles. The predicted octanol–water partition coefficient (Wildman–Crippen LogP) is -0.763. The zero-order chi connectivity index (χ0) is 7.61. The maximum Gasteiger partial charge on any atom is 0.255 e. The fraction of sp³-hybridized carbons (Fsp3) is 1.00. The first kappa shape index (κ1) is 8.08. The van der Waals surface area contributed by atoms with E-state index in [1.165, 1.54) is 0 Å². The molecule has 56 valence electrons. The second kappa shape index (κ2) is 2.92. The van der Waals surface area contributed by atoms with E-state index in [1.807, 2.05) is 0 Å². The van der Waals surface area contributed by atoms with Crippen LogP contribution in [0.15, 0.2) is 0 Å². The van der Waals surface area contributed by atoms with Crippen LogP contribution < -0.4 is 5.32 Å². The summed E-state index contributed by atoms with van der Waals surface area (Å²) >= 11 is 0. The zero-order valence-electron chi connectivity index (χ0n) is 5.71. The Morgan fingerprint density at radius 3 is 2.50 bits per heavy atom. The molecule has 1 saturated heterocycles. The molecular formula is C5H10BNO2S. The molecule has 0 unspecified atom stereocenters. The van der Waals surface area contributed by atoms with Gasteiger partial charge in [-0.3, -0.25) is 0 Å². The van der Waals surface area contributed by atoms with E-state index >= 15 is 0 Å². The van der Waals surface area contributed by atoms with Gasteiger partial charge in [0.25, 0.3) is 7.12 Å². The lowest BCUT2D eigenvalue weighted by Gasteiger charge is -2.20. The minimum absolute atomic E-state index is 0.360. The van der Waals surface area contributed by atoms with Crippen LogP contribution in [0.4, 0.5) is 0 Å². The molecule has 3 nitrogen and oxygen atoms in total. The third kappa shape index (κ3) is 1.99. The van der Waals surface area contributed by atoms with Gasteiger partial charge in [0.2, 0.25) is 0 Å². The van der Waals surface area contributed by atoms with E-state index in [0.717, 1.165) is 13.0 Å². The monoisotopic (exact) mass is 159 g/mol. The second-order valence-corrected chi connectivity index (χ2v) is 4.40. The van der Waals surface area contributed by atoms with Gasteiger partial charge in [0.1, 0.15) is 0 Å². The van der Waals surface area contributed by atoms with Crippen molar-refractivity contribution in [2.45, 2.75) is 18.1 Å². The molecule has 0 aromatic rings. The lowest BCUT2D eigenvalue weighted by molar-refractivity contribution is 0.503. The van der Waals surface area contributed by atoms with Crippen molar-refractivity contribution < 1.29 is 8.42 Å². The van der Waals surface area contributed by atoms with Crippen LogP contribution in [-0.2, 0) is 9.69 Å². The average molecular weight is 159 g/mol. The maximum absolute atomic E-state index is 10.7. The summed E-state index contributed by atoms with van der Waals surface area (Å²) in [7, 11) is 1.65. The fourth-order valence-electron chi connectivity index (χ4n) is 1.10. The van der Waals surface area contributed by atoms with E-state index in [2.05, 4.69) is 5.32 Å². The standard InChI is InChI=1S/C5H10BNO2S/c6-10(8,9)5-2-1-3-7-4-5/h5,7H,1-4H2/t5-/m0/s1. The topological polar surface area (TPSA) is 46.2 Å². The van der Waals surface area contributed by atoms with Crippen LogP contribution in [0.1, 0.15) is 12.8 Å². The highest BCUT2D eigenvalue weighted by molar-refractivity contribution is 8.12. The molecule has 1 heterocycles. The van der Waals surface area contributed by atoms with Gasteiger partial charge >= 0.3 is 0 Å². The van der Waals surface area contributed by atoms with E-state index in [-0.39, 0.29) is 5.25 Å². The minimum Gasteiger partial charge on any atom is -0.315 e. The van der Waals surface area contributed by atoms with Crippen LogP contribution in [0.2, 0.25) is 0 Å². The molecule has 0 aliphatic carbocycles. The first-order valence-electron chi connectivity index (χ1n) is 3.33. The van der Waals surface area contributed by atoms with E-state index in [4.69, 9.17) is 7.12 Å². The number of nitrogens with one attached hydrogen (secondary N) is 1. The minimum atomic E-state index is -3.29. The Bertz CT molecular complexity index is 196. The summed E-state index contributed by atoms with van der Waals surface area (Å²) in [5.74, 6) is 0. The lowest BCUT2D eigenvalue weighted by Crippen LogP contribution is -2.38. The van der Waals surface area contributed by atoms with E-state index in [0.29, 0.717) is 13.0 Å². The van der Waals surface area contributed by atoms with E-state index in [9.17, 15) is 8.42 Å². The molecule has 1 atom stereocenters. The molecule has 10 heavy (non-hydrogen) atoms. The molecule has 0 aromatic heterocycles. The first-order valence-corrected chi connectivity index (χ1v) is 4.94. The first-order chi connectivity index (χ1) is 4.61.